The van der Waals surface area contributed by atoms with Gasteiger partial charge in [-0.3, -0.25) is 15.1 Å². The van der Waals surface area contributed by atoms with Gasteiger partial charge in [-0.2, -0.15) is 10.5 Å². The number of imide groups is 1. The molecule has 0 aliphatic rings. The molecule has 0 bridgehead atoms. The number of benzene rings is 1. The second-order valence-corrected chi connectivity index (χ2v) is 4.30. The lowest BCUT2D eigenvalue weighted by atomic mass is 10.1. The van der Waals surface area contributed by atoms with Crippen molar-refractivity contribution in [1.82, 2.24) is 5.32 Å². The largest absolute Gasteiger partial charge is 0.450 e. The molecule has 8 heteroatoms. The highest BCUT2D eigenvalue weighted by Crippen LogP contribution is 2.22. The van der Waals surface area contributed by atoms with Gasteiger partial charge >= 0.3 is 6.09 Å². The van der Waals surface area contributed by atoms with Crippen molar-refractivity contribution in [3.8, 4) is 12.1 Å². The Morgan fingerprint density at radius 1 is 1.50 bits per heavy atom. The number of carbonyl (C=O) groups is 2. The molecule has 0 saturated heterocycles. The molecule has 0 aliphatic heterocycles. The van der Waals surface area contributed by atoms with Crippen molar-refractivity contribution in [2.75, 3.05) is 6.61 Å². The molecule has 1 aromatic carbocycles. The third-order valence-corrected chi connectivity index (χ3v) is 2.60. The average molecular weight is 319 g/mol. The molecule has 1 aromatic rings. The van der Waals surface area contributed by atoms with Crippen LogP contribution in [0, 0.1) is 28.6 Å². The van der Waals surface area contributed by atoms with Crippen LogP contribution in [0.15, 0.2) is 23.2 Å². The molecular weight excluding hydrogens is 308 g/mol. The van der Waals surface area contributed by atoms with Gasteiger partial charge in [-0.05, 0) is 25.1 Å². The van der Waals surface area contributed by atoms with Crippen LogP contribution < -0.4 is 5.32 Å². The monoisotopic (exact) mass is 318 g/mol. The minimum absolute atomic E-state index is 0.0979. The van der Waals surface area contributed by atoms with Gasteiger partial charge in [-0.25, -0.2) is 4.79 Å². The summed E-state index contributed by atoms with van der Waals surface area (Å²) in [6.07, 6.45) is 0.101. The Bertz CT molecular complexity index is 688. The average Bonchev–Trinajstić information content (AvgIpc) is 2.49. The Morgan fingerprint density at radius 2 is 2.23 bits per heavy atom. The molecular formula is C14H11ClN4O3. The lowest BCUT2D eigenvalue weighted by molar-refractivity contribution is -0.121. The van der Waals surface area contributed by atoms with E-state index >= 15 is 0 Å². The number of hydrogen-bond acceptors (Lipinski definition) is 6. The zero-order valence-corrected chi connectivity index (χ0v) is 12.3. The molecule has 1 rings (SSSR count). The van der Waals surface area contributed by atoms with E-state index < -0.39 is 17.9 Å². The molecule has 7 nitrogen and oxygen atoms in total. The number of alkyl carbamates (subject to hydrolysis) is 1. The second kappa shape index (κ2) is 8.40. The molecule has 1 atom stereocenters. The highest BCUT2D eigenvalue weighted by molar-refractivity contribution is 6.30. The predicted octanol–water partition coefficient (Wildman–Crippen LogP) is 2.33. The topological polar surface area (TPSA) is 115 Å². The quantitative estimate of drug-likeness (QED) is 0.855. The fraction of sp³-hybridized carbons (Fsp3) is 0.214. The summed E-state index contributed by atoms with van der Waals surface area (Å²) in [5.41, 5.74) is 0.460. The highest BCUT2D eigenvalue weighted by atomic mass is 35.5. The molecule has 1 unspecified atom stereocenters. The number of aliphatic imine (C=N–C) groups is 1. The van der Waals surface area contributed by atoms with Crippen LogP contribution in [0.25, 0.3) is 0 Å². The van der Waals surface area contributed by atoms with Crippen molar-refractivity contribution < 1.29 is 14.3 Å². The van der Waals surface area contributed by atoms with Crippen LogP contribution in [0.2, 0.25) is 5.02 Å². The Labute approximate surface area is 131 Å². The summed E-state index contributed by atoms with van der Waals surface area (Å²) in [7, 11) is 0. The standard InChI is InChI=1S/C14H11ClN4O3/c1-2-22-14(21)19-13(20)10(7-17)8-18-12-4-3-11(15)5-9(12)6-16/h3-5,8,10H,2H2,1H3,(H,19,20,21). The molecule has 0 aromatic heterocycles. The molecule has 0 fully saturated rings. The number of ether oxygens (including phenoxy) is 1. The van der Waals surface area contributed by atoms with Gasteiger partial charge in [0.15, 0.2) is 5.92 Å². The van der Waals surface area contributed by atoms with Crippen molar-refractivity contribution in [2.45, 2.75) is 6.92 Å². The first kappa shape index (κ1) is 17.2. The van der Waals surface area contributed by atoms with Crippen LogP contribution in [0.1, 0.15) is 12.5 Å². The summed E-state index contributed by atoms with van der Waals surface area (Å²) < 4.78 is 4.54. The summed E-state index contributed by atoms with van der Waals surface area (Å²) in [6, 6.07) is 8.01. The molecule has 0 radical (unpaired) electrons. The summed E-state index contributed by atoms with van der Waals surface area (Å²) in [5, 5.41) is 20.2. The van der Waals surface area contributed by atoms with Crippen LogP contribution in [-0.4, -0.2) is 24.8 Å². The van der Waals surface area contributed by atoms with Crippen LogP contribution in [-0.2, 0) is 9.53 Å². The first-order valence-corrected chi connectivity index (χ1v) is 6.50. The van der Waals surface area contributed by atoms with E-state index in [2.05, 4.69) is 9.73 Å². The normalized spacial score (nSPS) is 11.3. The molecule has 0 heterocycles. The van der Waals surface area contributed by atoms with E-state index in [0.717, 1.165) is 6.21 Å². The van der Waals surface area contributed by atoms with E-state index in [1.54, 1.807) is 13.0 Å². The second-order valence-electron chi connectivity index (χ2n) is 3.87. The smallest absolute Gasteiger partial charge is 0.413 e. The lowest BCUT2D eigenvalue weighted by Gasteiger charge is -2.05. The van der Waals surface area contributed by atoms with Crippen molar-refractivity contribution >= 4 is 35.5 Å². The molecule has 0 saturated carbocycles. The van der Waals surface area contributed by atoms with E-state index in [1.165, 1.54) is 18.2 Å². The third-order valence-electron chi connectivity index (χ3n) is 2.36. The van der Waals surface area contributed by atoms with E-state index in [-0.39, 0.29) is 17.9 Å². The van der Waals surface area contributed by atoms with Gasteiger partial charge in [-0.15, -0.1) is 0 Å². The molecule has 0 spiro atoms. The number of carbonyl (C=O) groups excluding carboxylic acids is 2. The maximum absolute atomic E-state index is 11.7. The van der Waals surface area contributed by atoms with Crippen LogP contribution >= 0.6 is 11.6 Å². The SMILES string of the molecule is CCOC(=O)NC(=O)C(C#N)C=Nc1ccc(Cl)cc1C#N. The Morgan fingerprint density at radius 3 is 2.82 bits per heavy atom. The fourth-order valence-electron chi connectivity index (χ4n) is 1.37. The van der Waals surface area contributed by atoms with E-state index in [1.807, 2.05) is 11.4 Å². The maximum Gasteiger partial charge on any atom is 0.413 e. The first-order valence-electron chi connectivity index (χ1n) is 6.12. The molecule has 2 amide bonds. The molecule has 0 aliphatic carbocycles. The number of rotatable bonds is 4. The van der Waals surface area contributed by atoms with Crippen molar-refractivity contribution in [2.24, 2.45) is 10.9 Å². The van der Waals surface area contributed by atoms with E-state index in [0.29, 0.717) is 5.02 Å². The minimum Gasteiger partial charge on any atom is -0.450 e. The predicted molar refractivity (Wildman–Crippen MR) is 78.6 cm³/mol. The zero-order valence-electron chi connectivity index (χ0n) is 11.5. The van der Waals surface area contributed by atoms with E-state index in [9.17, 15) is 9.59 Å². The van der Waals surface area contributed by atoms with E-state index in [4.69, 9.17) is 22.1 Å². The summed E-state index contributed by atoms with van der Waals surface area (Å²) >= 11 is 5.75. The Kier molecular flexibility index (Phi) is 6.55. The number of hydrogen-bond donors (Lipinski definition) is 1. The minimum atomic E-state index is -1.30. The summed E-state index contributed by atoms with van der Waals surface area (Å²) in [6.45, 7) is 1.68. The van der Waals surface area contributed by atoms with Gasteiger partial charge in [0.25, 0.3) is 5.91 Å². The fourth-order valence-corrected chi connectivity index (χ4v) is 1.54. The summed E-state index contributed by atoms with van der Waals surface area (Å²) in [4.78, 5) is 26.7. The first-order chi connectivity index (χ1) is 10.5. The number of nitrogens with one attached hydrogen (secondary N) is 1. The highest BCUT2D eigenvalue weighted by Gasteiger charge is 2.18. The van der Waals surface area contributed by atoms with Gasteiger partial charge in [0, 0.05) is 11.2 Å². The van der Waals surface area contributed by atoms with Gasteiger partial charge in [-0.1, -0.05) is 11.6 Å². The molecule has 1 N–H and O–H groups in total. The van der Waals surface area contributed by atoms with Gasteiger partial charge in [0.05, 0.1) is 23.9 Å². The van der Waals surface area contributed by atoms with Gasteiger partial charge in [0.1, 0.15) is 6.07 Å². The molecule has 112 valence electrons. The number of halogens is 1. The van der Waals surface area contributed by atoms with Crippen LogP contribution in [0.4, 0.5) is 10.5 Å². The van der Waals surface area contributed by atoms with Crippen LogP contribution in [0.3, 0.4) is 0 Å². The molecule has 22 heavy (non-hydrogen) atoms. The van der Waals surface area contributed by atoms with Crippen molar-refractivity contribution in [3.05, 3.63) is 28.8 Å². The number of amides is 2. The number of nitriles is 2. The van der Waals surface area contributed by atoms with Crippen LogP contribution in [0.5, 0.6) is 0 Å². The van der Waals surface area contributed by atoms with Crippen molar-refractivity contribution in [1.29, 1.82) is 10.5 Å². The maximum atomic E-state index is 11.7. The zero-order chi connectivity index (χ0) is 16.5. The Balaban J connectivity index is 2.87. The summed E-state index contributed by atoms with van der Waals surface area (Å²) in [5.74, 6) is -2.16. The number of nitrogens with zero attached hydrogens (tertiary/aromatic N) is 3. The lowest BCUT2D eigenvalue weighted by Crippen LogP contribution is -2.36. The van der Waals surface area contributed by atoms with Gasteiger partial charge < -0.3 is 4.74 Å². The van der Waals surface area contributed by atoms with Gasteiger partial charge in [0.2, 0.25) is 0 Å². The van der Waals surface area contributed by atoms with Crippen molar-refractivity contribution in [3.63, 3.8) is 0 Å². The third kappa shape index (κ3) is 4.89. The Hall–Kier alpha value is -2.90.